The molecule has 1 saturated heterocycles. The number of hydrogen-bond donors (Lipinski definition) is 0. The Balaban J connectivity index is 2.33. The largest absolute Gasteiger partial charge is 0.341 e. The molecule has 13 heavy (non-hydrogen) atoms. The van der Waals surface area contributed by atoms with Gasteiger partial charge in [-0.25, -0.2) is 0 Å². The molecule has 0 aliphatic carbocycles. The Morgan fingerprint density at radius 1 is 1.54 bits per heavy atom. The molecule has 72 valence electrons. The van der Waals surface area contributed by atoms with Crippen LogP contribution in [0.3, 0.4) is 0 Å². The lowest BCUT2D eigenvalue weighted by Crippen LogP contribution is -2.50. The maximum atomic E-state index is 11.4. The van der Waals surface area contributed by atoms with Gasteiger partial charge in [-0.15, -0.1) is 12.3 Å². The molecule has 0 bridgehead atoms. The quantitative estimate of drug-likeness (QED) is 0.578. The summed E-state index contributed by atoms with van der Waals surface area (Å²) < 4.78 is 0. The highest BCUT2D eigenvalue weighted by molar-refractivity contribution is 5.78. The van der Waals surface area contributed by atoms with Crippen molar-refractivity contribution in [1.29, 1.82) is 0 Å². The molecule has 1 rings (SSSR count). The van der Waals surface area contributed by atoms with Crippen LogP contribution in [0.15, 0.2) is 0 Å². The molecule has 0 radical (unpaired) electrons. The Labute approximate surface area is 79.7 Å². The van der Waals surface area contributed by atoms with Gasteiger partial charge in [0, 0.05) is 32.6 Å². The van der Waals surface area contributed by atoms with Crippen LogP contribution >= 0.6 is 0 Å². The van der Waals surface area contributed by atoms with E-state index >= 15 is 0 Å². The minimum absolute atomic E-state index is 0.228. The van der Waals surface area contributed by atoms with Gasteiger partial charge in [0.1, 0.15) is 0 Å². The molecule has 0 saturated carbocycles. The highest BCUT2D eigenvalue weighted by atomic mass is 16.2. The molecule has 0 aromatic heterocycles. The van der Waals surface area contributed by atoms with Crippen LogP contribution in [0.5, 0.6) is 0 Å². The third-order valence-corrected chi connectivity index (χ3v) is 2.35. The van der Waals surface area contributed by atoms with E-state index in [-0.39, 0.29) is 5.91 Å². The number of nitrogens with zero attached hydrogens (tertiary/aromatic N) is 2. The smallest absolute Gasteiger partial charge is 0.236 e. The third-order valence-electron chi connectivity index (χ3n) is 2.35. The van der Waals surface area contributed by atoms with Gasteiger partial charge in [-0.05, 0) is 6.92 Å². The first-order valence-corrected chi connectivity index (χ1v) is 4.71. The van der Waals surface area contributed by atoms with Gasteiger partial charge in [-0.1, -0.05) is 0 Å². The first-order chi connectivity index (χ1) is 6.27. The number of terminal acetylenes is 1. The molecule has 3 heteroatoms. The molecule has 3 nitrogen and oxygen atoms in total. The van der Waals surface area contributed by atoms with E-state index in [2.05, 4.69) is 10.8 Å². The second-order valence-electron chi connectivity index (χ2n) is 3.20. The Morgan fingerprint density at radius 3 is 2.85 bits per heavy atom. The van der Waals surface area contributed by atoms with Crippen LogP contribution in [0.2, 0.25) is 0 Å². The van der Waals surface area contributed by atoms with Crippen molar-refractivity contribution in [1.82, 2.24) is 9.80 Å². The zero-order valence-electron chi connectivity index (χ0n) is 8.12. The van der Waals surface area contributed by atoms with E-state index in [1.165, 1.54) is 0 Å². The summed E-state index contributed by atoms with van der Waals surface area (Å²) in [5, 5.41) is 0. The second-order valence-corrected chi connectivity index (χ2v) is 3.20. The first-order valence-electron chi connectivity index (χ1n) is 4.71. The maximum Gasteiger partial charge on any atom is 0.236 e. The van der Waals surface area contributed by atoms with Crippen molar-refractivity contribution >= 4 is 5.91 Å². The fraction of sp³-hybridized carbons (Fsp3) is 0.700. The Morgan fingerprint density at radius 2 is 2.31 bits per heavy atom. The van der Waals surface area contributed by atoms with E-state index < -0.39 is 0 Å². The molecule has 0 aromatic carbocycles. The first kappa shape index (κ1) is 10.1. The van der Waals surface area contributed by atoms with Crippen molar-refractivity contribution in [3.63, 3.8) is 0 Å². The number of rotatable bonds is 3. The van der Waals surface area contributed by atoms with Crippen LogP contribution < -0.4 is 0 Å². The minimum atomic E-state index is 0.228. The lowest BCUT2D eigenvalue weighted by atomic mass is 10.3. The van der Waals surface area contributed by atoms with Crippen molar-refractivity contribution in [2.45, 2.75) is 13.3 Å². The van der Waals surface area contributed by atoms with Gasteiger partial charge >= 0.3 is 0 Å². The van der Waals surface area contributed by atoms with Gasteiger partial charge in [-0.2, -0.15) is 0 Å². The summed E-state index contributed by atoms with van der Waals surface area (Å²) in [6, 6.07) is 0. The van der Waals surface area contributed by atoms with Gasteiger partial charge in [0.05, 0.1) is 6.54 Å². The van der Waals surface area contributed by atoms with Crippen molar-refractivity contribution in [3.05, 3.63) is 0 Å². The van der Waals surface area contributed by atoms with E-state index in [1.807, 2.05) is 11.8 Å². The van der Waals surface area contributed by atoms with Crippen molar-refractivity contribution < 1.29 is 4.79 Å². The molecule has 0 atom stereocenters. The fourth-order valence-electron chi connectivity index (χ4n) is 1.51. The molecule has 1 heterocycles. The van der Waals surface area contributed by atoms with Crippen molar-refractivity contribution in [2.75, 3.05) is 32.7 Å². The number of piperazine rings is 1. The minimum Gasteiger partial charge on any atom is -0.341 e. The van der Waals surface area contributed by atoms with Crippen molar-refractivity contribution in [2.24, 2.45) is 0 Å². The van der Waals surface area contributed by atoms with E-state index in [4.69, 9.17) is 6.42 Å². The van der Waals surface area contributed by atoms with E-state index in [9.17, 15) is 4.79 Å². The van der Waals surface area contributed by atoms with Gasteiger partial charge in [-0.3, -0.25) is 9.69 Å². The van der Waals surface area contributed by atoms with Crippen LogP contribution in [0.25, 0.3) is 0 Å². The Kier molecular flexibility index (Phi) is 3.78. The van der Waals surface area contributed by atoms with Crippen LogP contribution in [-0.2, 0) is 4.79 Å². The molecule has 1 aliphatic rings. The number of carbonyl (C=O) groups is 1. The molecule has 0 spiro atoms. The van der Waals surface area contributed by atoms with E-state index in [1.54, 1.807) is 0 Å². The summed E-state index contributed by atoms with van der Waals surface area (Å²) in [4.78, 5) is 15.4. The maximum absolute atomic E-state index is 11.4. The zero-order valence-corrected chi connectivity index (χ0v) is 8.12. The summed E-state index contributed by atoms with van der Waals surface area (Å²) in [7, 11) is 0. The SMILES string of the molecule is C#CCCN1CCN(CC)C(=O)C1. The average molecular weight is 180 g/mol. The second kappa shape index (κ2) is 4.88. The van der Waals surface area contributed by atoms with E-state index in [0.717, 1.165) is 32.6 Å². The summed E-state index contributed by atoms with van der Waals surface area (Å²) >= 11 is 0. The van der Waals surface area contributed by atoms with Gasteiger partial charge < -0.3 is 4.90 Å². The lowest BCUT2D eigenvalue weighted by Gasteiger charge is -2.33. The topological polar surface area (TPSA) is 23.6 Å². The predicted molar refractivity (Wildman–Crippen MR) is 52.1 cm³/mol. The monoisotopic (exact) mass is 180 g/mol. The molecule has 1 aliphatic heterocycles. The van der Waals surface area contributed by atoms with Gasteiger partial charge in [0.15, 0.2) is 0 Å². The van der Waals surface area contributed by atoms with Crippen LogP contribution in [-0.4, -0.2) is 48.4 Å². The molecule has 1 fully saturated rings. The summed E-state index contributed by atoms with van der Waals surface area (Å²) in [5.41, 5.74) is 0. The predicted octanol–water partition coefficient (Wildman–Crippen LogP) is 0.174. The number of hydrogen-bond acceptors (Lipinski definition) is 2. The van der Waals surface area contributed by atoms with Crippen LogP contribution in [0, 0.1) is 12.3 Å². The summed E-state index contributed by atoms with van der Waals surface area (Å²) in [6.45, 7) is 6.02. The Hall–Kier alpha value is -1.01. The highest BCUT2D eigenvalue weighted by Gasteiger charge is 2.21. The molecule has 0 aromatic rings. The van der Waals surface area contributed by atoms with Crippen LogP contribution in [0.1, 0.15) is 13.3 Å². The standard InChI is InChI=1S/C10H16N2O/c1-3-5-6-11-7-8-12(4-2)10(13)9-11/h1H,4-9H2,2H3. The van der Waals surface area contributed by atoms with Crippen LogP contribution in [0.4, 0.5) is 0 Å². The molecule has 0 unspecified atom stereocenters. The van der Waals surface area contributed by atoms with Gasteiger partial charge in [0.25, 0.3) is 0 Å². The normalized spacial score (nSPS) is 18.8. The Bertz CT molecular complexity index is 219. The zero-order chi connectivity index (χ0) is 9.68. The number of likely N-dealkylation sites (N-methyl/N-ethyl adjacent to an activating group) is 1. The molecule has 1 amide bonds. The molecular weight excluding hydrogens is 164 g/mol. The van der Waals surface area contributed by atoms with Crippen molar-refractivity contribution in [3.8, 4) is 12.3 Å². The third kappa shape index (κ3) is 2.74. The summed E-state index contributed by atoms with van der Waals surface area (Å²) in [5.74, 6) is 2.82. The average Bonchev–Trinajstić information content (AvgIpc) is 2.15. The van der Waals surface area contributed by atoms with Gasteiger partial charge in [0.2, 0.25) is 5.91 Å². The molecule has 0 N–H and O–H groups in total. The number of amides is 1. The fourth-order valence-corrected chi connectivity index (χ4v) is 1.51. The highest BCUT2D eigenvalue weighted by Crippen LogP contribution is 2.02. The molecular formula is C10H16N2O. The lowest BCUT2D eigenvalue weighted by molar-refractivity contribution is -0.135. The van der Waals surface area contributed by atoms with E-state index in [0.29, 0.717) is 6.54 Å². The summed E-state index contributed by atoms with van der Waals surface area (Å²) in [6.07, 6.45) is 5.90. The number of carbonyl (C=O) groups excluding carboxylic acids is 1.